The molecule has 31 heavy (non-hydrogen) atoms. The Balaban J connectivity index is 1.59. The van der Waals surface area contributed by atoms with Crippen molar-refractivity contribution < 1.29 is 17.6 Å². The van der Waals surface area contributed by atoms with Crippen LogP contribution in [-0.2, 0) is 9.84 Å². The van der Waals surface area contributed by atoms with Gasteiger partial charge in [0.25, 0.3) is 5.91 Å². The second-order valence-corrected chi connectivity index (χ2v) is 10.2. The Bertz CT molecular complexity index is 1220. The predicted octanol–water partition coefficient (Wildman–Crippen LogP) is 4.62. The molecule has 1 aliphatic heterocycles. The van der Waals surface area contributed by atoms with Crippen molar-refractivity contribution in [2.75, 3.05) is 37.3 Å². The van der Waals surface area contributed by atoms with Crippen molar-refractivity contribution in [1.82, 2.24) is 4.90 Å². The van der Waals surface area contributed by atoms with E-state index in [2.05, 4.69) is 4.90 Å². The molecule has 6 nitrogen and oxygen atoms in total. The van der Waals surface area contributed by atoms with Gasteiger partial charge in [-0.25, -0.2) is 8.42 Å². The first-order chi connectivity index (χ1) is 14.7. The van der Waals surface area contributed by atoms with Crippen LogP contribution in [0.4, 0.5) is 5.69 Å². The highest BCUT2D eigenvalue weighted by Gasteiger charge is 2.26. The van der Waals surface area contributed by atoms with E-state index < -0.39 is 9.84 Å². The molecular formula is C22H20Cl2N2O4S. The highest BCUT2D eigenvalue weighted by molar-refractivity contribution is 7.90. The third-order valence-electron chi connectivity index (χ3n) is 5.32. The number of nitrogens with zero attached hydrogens (tertiary/aromatic N) is 2. The monoisotopic (exact) mass is 478 g/mol. The summed E-state index contributed by atoms with van der Waals surface area (Å²) in [5.41, 5.74) is 2.64. The number of carbonyl (C=O) groups is 1. The van der Waals surface area contributed by atoms with Gasteiger partial charge in [-0.1, -0.05) is 29.3 Å². The van der Waals surface area contributed by atoms with Gasteiger partial charge in [-0.3, -0.25) is 4.79 Å². The summed E-state index contributed by atoms with van der Waals surface area (Å²) in [4.78, 5) is 17.4. The molecule has 3 aromatic rings. The van der Waals surface area contributed by atoms with Crippen LogP contribution in [-0.4, -0.2) is 51.7 Å². The normalized spacial score (nSPS) is 14.7. The van der Waals surface area contributed by atoms with Crippen LogP contribution in [0.25, 0.3) is 11.1 Å². The molecule has 1 aliphatic rings. The van der Waals surface area contributed by atoms with Gasteiger partial charge in [0, 0.05) is 49.2 Å². The van der Waals surface area contributed by atoms with Gasteiger partial charge in [0.15, 0.2) is 9.84 Å². The maximum absolute atomic E-state index is 13.4. The summed E-state index contributed by atoms with van der Waals surface area (Å²) in [7, 11) is -3.45. The van der Waals surface area contributed by atoms with E-state index >= 15 is 0 Å². The van der Waals surface area contributed by atoms with Crippen LogP contribution < -0.4 is 4.90 Å². The van der Waals surface area contributed by atoms with Crippen LogP contribution in [0.1, 0.15) is 10.4 Å². The van der Waals surface area contributed by atoms with Crippen LogP contribution in [0.5, 0.6) is 0 Å². The number of sulfone groups is 1. The first-order valence-corrected chi connectivity index (χ1v) is 12.2. The third-order valence-corrected chi connectivity index (χ3v) is 7.17. The fourth-order valence-corrected chi connectivity index (χ4v) is 4.56. The number of benzene rings is 2. The van der Waals surface area contributed by atoms with Crippen molar-refractivity contribution in [2.45, 2.75) is 4.90 Å². The lowest BCUT2D eigenvalue weighted by molar-refractivity contribution is 0.0747. The average Bonchev–Trinajstić information content (AvgIpc) is 3.29. The largest absolute Gasteiger partial charge is 0.472 e. The average molecular weight is 479 g/mol. The Kier molecular flexibility index (Phi) is 6.01. The fourth-order valence-electron chi connectivity index (χ4n) is 3.62. The summed E-state index contributed by atoms with van der Waals surface area (Å²) < 4.78 is 29.3. The van der Waals surface area contributed by atoms with Gasteiger partial charge in [0.2, 0.25) is 0 Å². The molecule has 0 bridgehead atoms. The Hall–Kier alpha value is -2.48. The van der Waals surface area contributed by atoms with Crippen LogP contribution in [0, 0.1) is 0 Å². The lowest BCUT2D eigenvalue weighted by atomic mass is 10.0. The maximum Gasteiger partial charge on any atom is 0.254 e. The van der Waals surface area contributed by atoms with Gasteiger partial charge < -0.3 is 14.2 Å². The number of carbonyl (C=O) groups excluding carboxylic acids is 1. The van der Waals surface area contributed by atoms with Crippen molar-refractivity contribution in [3.63, 3.8) is 0 Å². The molecule has 2 aromatic carbocycles. The van der Waals surface area contributed by atoms with Gasteiger partial charge in [-0.05, 0) is 42.0 Å². The van der Waals surface area contributed by atoms with E-state index in [9.17, 15) is 13.2 Å². The number of rotatable bonds is 4. The molecule has 0 unspecified atom stereocenters. The number of amides is 1. The van der Waals surface area contributed by atoms with Crippen molar-refractivity contribution in [3.05, 3.63) is 70.6 Å². The summed E-state index contributed by atoms with van der Waals surface area (Å²) in [6, 6.07) is 11.8. The predicted molar refractivity (Wildman–Crippen MR) is 122 cm³/mol. The molecular weight excluding hydrogens is 459 g/mol. The minimum absolute atomic E-state index is 0.109. The molecule has 162 valence electrons. The Labute approximate surface area is 190 Å². The van der Waals surface area contributed by atoms with E-state index in [0.717, 1.165) is 17.5 Å². The van der Waals surface area contributed by atoms with Crippen molar-refractivity contribution in [2.24, 2.45) is 0 Å². The second-order valence-electron chi connectivity index (χ2n) is 7.37. The molecule has 4 rings (SSSR count). The fraction of sp³-hybridized carbons (Fsp3) is 0.227. The molecule has 9 heteroatoms. The van der Waals surface area contributed by atoms with Gasteiger partial charge in [-0.15, -0.1) is 0 Å². The number of anilines is 1. The number of halogens is 2. The first kappa shape index (κ1) is 21.7. The Morgan fingerprint density at radius 1 is 0.968 bits per heavy atom. The zero-order chi connectivity index (χ0) is 22.2. The zero-order valence-electron chi connectivity index (χ0n) is 16.7. The van der Waals surface area contributed by atoms with E-state index in [1.807, 2.05) is 12.1 Å². The standard InChI is InChI=1S/C22H20Cl2N2O4S/c1-31(28,29)17-3-4-18(15-6-11-30-14-15)19(13-17)22(27)26-9-7-25(8-10-26)16-2-5-20(23)21(24)12-16/h2-6,11-14H,7-10H2,1H3. The third kappa shape index (κ3) is 4.59. The molecule has 0 atom stereocenters. The highest BCUT2D eigenvalue weighted by Crippen LogP contribution is 2.30. The number of hydrogen-bond donors (Lipinski definition) is 0. The topological polar surface area (TPSA) is 70.8 Å². The SMILES string of the molecule is CS(=O)(=O)c1ccc(-c2ccoc2)c(C(=O)N2CCN(c3ccc(Cl)c(Cl)c3)CC2)c1. The minimum atomic E-state index is -3.45. The molecule has 0 radical (unpaired) electrons. The molecule has 1 amide bonds. The molecule has 1 saturated heterocycles. The molecule has 0 aliphatic carbocycles. The van der Waals surface area contributed by atoms with E-state index in [4.69, 9.17) is 27.6 Å². The Morgan fingerprint density at radius 2 is 1.71 bits per heavy atom. The first-order valence-electron chi connectivity index (χ1n) is 9.60. The van der Waals surface area contributed by atoms with E-state index in [1.54, 1.807) is 23.1 Å². The molecule has 0 spiro atoms. The lowest BCUT2D eigenvalue weighted by Crippen LogP contribution is -2.48. The molecule has 0 saturated carbocycles. The minimum Gasteiger partial charge on any atom is -0.472 e. The van der Waals surface area contributed by atoms with Crippen LogP contribution in [0.15, 0.2) is 64.3 Å². The van der Waals surface area contributed by atoms with Gasteiger partial charge >= 0.3 is 0 Å². The number of piperazine rings is 1. The summed E-state index contributed by atoms with van der Waals surface area (Å²) in [6.45, 7) is 2.23. The van der Waals surface area contributed by atoms with E-state index in [0.29, 0.717) is 47.4 Å². The highest BCUT2D eigenvalue weighted by atomic mass is 35.5. The van der Waals surface area contributed by atoms with Crippen molar-refractivity contribution in [3.8, 4) is 11.1 Å². The van der Waals surface area contributed by atoms with Crippen LogP contribution in [0.2, 0.25) is 10.0 Å². The number of hydrogen-bond acceptors (Lipinski definition) is 5. The van der Waals surface area contributed by atoms with Crippen molar-refractivity contribution in [1.29, 1.82) is 0 Å². The van der Waals surface area contributed by atoms with Gasteiger partial charge in [0.05, 0.1) is 27.5 Å². The zero-order valence-corrected chi connectivity index (χ0v) is 19.0. The van der Waals surface area contributed by atoms with Crippen molar-refractivity contribution >= 4 is 44.6 Å². The summed E-state index contributed by atoms with van der Waals surface area (Å²) in [5, 5.41) is 0.983. The molecule has 0 N–H and O–H groups in total. The van der Waals surface area contributed by atoms with Crippen LogP contribution >= 0.6 is 23.2 Å². The van der Waals surface area contributed by atoms with E-state index in [-0.39, 0.29) is 10.8 Å². The van der Waals surface area contributed by atoms with Crippen LogP contribution in [0.3, 0.4) is 0 Å². The summed E-state index contributed by atoms with van der Waals surface area (Å²) >= 11 is 12.1. The Morgan fingerprint density at radius 3 is 2.32 bits per heavy atom. The maximum atomic E-state index is 13.4. The van der Waals surface area contributed by atoms with Gasteiger partial charge in [0.1, 0.15) is 0 Å². The molecule has 1 aromatic heterocycles. The molecule has 2 heterocycles. The molecule has 1 fully saturated rings. The summed E-state index contributed by atoms with van der Waals surface area (Å²) in [6.07, 6.45) is 4.18. The summed E-state index contributed by atoms with van der Waals surface area (Å²) in [5.74, 6) is -0.213. The lowest BCUT2D eigenvalue weighted by Gasteiger charge is -2.36. The quantitative estimate of drug-likeness (QED) is 0.546. The van der Waals surface area contributed by atoms with E-state index in [1.165, 1.54) is 24.7 Å². The number of furan rings is 1. The van der Waals surface area contributed by atoms with Gasteiger partial charge in [-0.2, -0.15) is 0 Å². The second kappa shape index (κ2) is 8.57. The smallest absolute Gasteiger partial charge is 0.254 e.